The molecule has 0 radical (unpaired) electrons. The van der Waals surface area contributed by atoms with Crippen LogP contribution in [0.5, 0.6) is 0 Å². The molecule has 0 unspecified atom stereocenters. The quantitative estimate of drug-likeness (QED) is 0.478. The molecule has 6 heteroatoms. The monoisotopic (exact) mass is 411 g/mol. The fourth-order valence-electron chi connectivity index (χ4n) is 3.28. The van der Waals surface area contributed by atoms with Gasteiger partial charge in [-0.25, -0.2) is 9.48 Å². The van der Waals surface area contributed by atoms with Gasteiger partial charge in [0.05, 0.1) is 16.8 Å². The summed E-state index contributed by atoms with van der Waals surface area (Å²) in [5.41, 5.74) is 5.39. The number of benzene rings is 3. The highest BCUT2D eigenvalue weighted by molar-refractivity contribution is 6.08. The molecule has 0 saturated carbocycles. The predicted molar refractivity (Wildman–Crippen MR) is 120 cm³/mol. The van der Waals surface area contributed by atoms with E-state index in [9.17, 15) is 14.7 Å². The van der Waals surface area contributed by atoms with Gasteiger partial charge in [-0.2, -0.15) is 5.10 Å². The maximum atomic E-state index is 13.2. The number of carboxylic acid groups (broad SMARTS) is 1. The van der Waals surface area contributed by atoms with Gasteiger partial charge in [-0.1, -0.05) is 36.4 Å². The number of nitrogens with one attached hydrogen (secondary N) is 1. The van der Waals surface area contributed by atoms with Gasteiger partial charge in [-0.3, -0.25) is 4.79 Å². The van der Waals surface area contributed by atoms with E-state index in [0.717, 1.165) is 22.4 Å². The van der Waals surface area contributed by atoms with Gasteiger partial charge in [0.1, 0.15) is 5.69 Å². The largest absolute Gasteiger partial charge is 0.478 e. The first-order chi connectivity index (χ1) is 14.9. The van der Waals surface area contributed by atoms with Crippen LogP contribution >= 0.6 is 0 Å². The van der Waals surface area contributed by atoms with E-state index >= 15 is 0 Å². The molecule has 154 valence electrons. The number of nitrogens with zero attached hydrogens (tertiary/aromatic N) is 2. The van der Waals surface area contributed by atoms with E-state index in [1.54, 1.807) is 23.0 Å². The van der Waals surface area contributed by atoms with Crippen LogP contribution in [0.2, 0.25) is 0 Å². The Kier molecular flexibility index (Phi) is 5.37. The van der Waals surface area contributed by atoms with E-state index in [1.165, 1.54) is 12.1 Å². The minimum absolute atomic E-state index is 0.104. The Bertz CT molecular complexity index is 1280. The lowest BCUT2D eigenvalue weighted by molar-refractivity contribution is 0.0696. The molecule has 0 saturated heterocycles. The molecule has 1 amide bonds. The number of carbonyl (C=O) groups is 2. The van der Waals surface area contributed by atoms with Crippen molar-refractivity contribution in [3.05, 3.63) is 101 Å². The molecule has 2 N–H and O–H groups in total. The molecule has 0 aliphatic rings. The van der Waals surface area contributed by atoms with E-state index in [0.29, 0.717) is 16.9 Å². The van der Waals surface area contributed by atoms with Crippen LogP contribution in [-0.4, -0.2) is 26.8 Å². The Morgan fingerprint density at radius 1 is 0.903 bits per heavy atom. The number of aromatic nitrogens is 2. The summed E-state index contributed by atoms with van der Waals surface area (Å²) < 4.78 is 1.67. The minimum Gasteiger partial charge on any atom is -0.478 e. The average molecular weight is 411 g/mol. The van der Waals surface area contributed by atoms with Crippen molar-refractivity contribution in [2.24, 2.45) is 0 Å². The fraction of sp³-hybridized carbons (Fsp3) is 0.0800. The zero-order chi connectivity index (χ0) is 22.0. The number of hydrogen-bond donors (Lipinski definition) is 2. The van der Waals surface area contributed by atoms with E-state index in [-0.39, 0.29) is 11.5 Å². The van der Waals surface area contributed by atoms with Crippen molar-refractivity contribution in [3.8, 4) is 16.9 Å². The molecule has 1 heterocycles. The summed E-state index contributed by atoms with van der Waals surface area (Å²) in [6, 6.07) is 21.7. The van der Waals surface area contributed by atoms with E-state index < -0.39 is 5.97 Å². The van der Waals surface area contributed by atoms with Crippen molar-refractivity contribution in [1.29, 1.82) is 0 Å². The molecule has 0 aliphatic carbocycles. The Morgan fingerprint density at radius 2 is 1.68 bits per heavy atom. The van der Waals surface area contributed by atoms with Gasteiger partial charge >= 0.3 is 5.97 Å². The number of amides is 1. The number of aromatic carboxylic acids is 1. The van der Waals surface area contributed by atoms with Gasteiger partial charge in [0.15, 0.2) is 0 Å². The highest BCUT2D eigenvalue weighted by Gasteiger charge is 2.19. The average Bonchev–Trinajstić information content (AvgIpc) is 3.22. The summed E-state index contributed by atoms with van der Waals surface area (Å²) in [7, 11) is 0. The molecule has 1 aromatic heterocycles. The Labute approximate surface area is 179 Å². The van der Waals surface area contributed by atoms with Crippen molar-refractivity contribution < 1.29 is 14.7 Å². The van der Waals surface area contributed by atoms with Gasteiger partial charge in [0.25, 0.3) is 5.91 Å². The van der Waals surface area contributed by atoms with Crippen LogP contribution in [0.25, 0.3) is 16.9 Å². The molecule has 6 nitrogen and oxygen atoms in total. The van der Waals surface area contributed by atoms with Crippen LogP contribution in [-0.2, 0) is 0 Å². The number of para-hydroxylation sites is 1. The van der Waals surface area contributed by atoms with Crippen LogP contribution in [0.15, 0.2) is 79.0 Å². The molecule has 3 aromatic carbocycles. The standard InChI is InChI=1S/C25H21N3O3/c1-16-11-12-18(13-17(16)2)23-22(15-28(27-23)21-9-4-3-5-10-21)24(29)26-20-8-6-7-19(14-20)25(30)31/h3-15H,1-2H3,(H,26,29)(H,30,31). The van der Waals surface area contributed by atoms with Gasteiger partial charge < -0.3 is 10.4 Å². The van der Waals surface area contributed by atoms with Gasteiger partial charge in [-0.15, -0.1) is 0 Å². The second-order valence-electron chi connectivity index (χ2n) is 7.31. The first-order valence-electron chi connectivity index (χ1n) is 9.80. The zero-order valence-electron chi connectivity index (χ0n) is 17.2. The van der Waals surface area contributed by atoms with Crippen molar-refractivity contribution in [1.82, 2.24) is 9.78 Å². The van der Waals surface area contributed by atoms with Gasteiger partial charge in [-0.05, 0) is 61.4 Å². The minimum atomic E-state index is -1.05. The zero-order valence-corrected chi connectivity index (χ0v) is 17.2. The molecule has 0 aliphatic heterocycles. The predicted octanol–water partition coefficient (Wildman–Crippen LogP) is 5.11. The lowest BCUT2D eigenvalue weighted by Gasteiger charge is -2.07. The van der Waals surface area contributed by atoms with Crippen LogP contribution in [0.1, 0.15) is 31.8 Å². The SMILES string of the molecule is Cc1ccc(-c2nn(-c3ccccc3)cc2C(=O)Nc2cccc(C(=O)O)c2)cc1C. The number of aryl methyl sites for hydroxylation is 2. The normalized spacial score (nSPS) is 10.6. The summed E-state index contributed by atoms with van der Waals surface area (Å²) in [5, 5.41) is 16.7. The fourth-order valence-corrected chi connectivity index (χ4v) is 3.28. The topological polar surface area (TPSA) is 84.2 Å². The molecule has 0 spiro atoms. The summed E-state index contributed by atoms with van der Waals surface area (Å²) in [6.07, 6.45) is 1.69. The van der Waals surface area contributed by atoms with Crippen molar-refractivity contribution >= 4 is 17.6 Å². The maximum absolute atomic E-state index is 13.2. The summed E-state index contributed by atoms with van der Waals surface area (Å²) >= 11 is 0. The van der Waals surface area contributed by atoms with Crippen LogP contribution in [0, 0.1) is 13.8 Å². The van der Waals surface area contributed by atoms with E-state index in [2.05, 4.69) is 5.32 Å². The molecule has 4 aromatic rings. The summed E-state index contributed by atoms with van der Waals surface area (Å²) in [5.74, 6) is -1.42. The van der Waals surface area contributed by atoms with Gasteiger partial charge in [0.2, 0.25) is 0 Å². The third-order valence-corrected chi connectivity index (χ3v) is 5.13. The maximum Gasteiger partial charge on any atom is 0.335 e. The number of hydrogen-bond acceptors (Lipinski definition) is 3. The van der Waals surface area contributed by atoms with Crippen molar-refractivity contribution in [2.75, 3.05) is 5.32 Å². The Balaban J connectivity index is 1.77. The first kappa shape index (κ1) is 20.1. The van der Waals surface area contributed by atoms with Gasteiger partial charge in [0, 0.05) is 17.4 Å². The second-order valence-corrected chi connectivity index (χ2v) is 7.31. The van der Waals surface area contributed by atoms with Crippen LogP contribution < -0.4 is 5.32 Å². The number of rotatable bonds is 5. The molecule has 0 atom stereocenters. The molecule has 0 fully saturated rings. The van der Waals surface area contributed by atoms with Crippen LogP contribution in [0.3, 0.4) is 0 Å². The molecule has 4 rings (SSSR count). The number of carboxylic acids is 1. The lowest BCUT2D eigenvalue weighted by atomic mass is 10.0. The van der Waals surface area contributed by atoms with Crippen molar-refractivity contribution in [2.45, 2.75) is 13.8 Å². The van der Waals surface area contributed by atoms with Crippen LogP contribution in [0.4, 0.5) is 5.69 Å². The smallest absolute Gasteiger partial charge is 0.335 e. The molecular weight excluding hydrogens is 390 g/mol. The third-order valence-electron chi connectivity index (χ3n) is 5.13. The Morgan fingerprint density at radius 3 is 2.39 bits per heavy atom. The second kappa shape index (κ2) is 8.28. The highest BCUT2D eigenvalue weighted by Crippen LogP contribution is 2.27. The highest BCUT2D eigenvalue weighted by atomic mass is 16.4. The first-order valence-corrected chi connectivity index (χ1v) is 9.80. The molecular formula is C25H21N3O3. The summed E-state index contributed by atoms with van der Waals surface area (Å²) in [6.45, 7) is 4.05. The number of carbonyl (C=O) groups excluding carboxylic acids is 1. The lowest BCUT2D eigenvalue weighted by Crippen LogP contribution is -2.13. The van der Waals surface area contributed by atoms with E-state index in [4.69, 9.17) is 5.10 Å². The third kappa shape index (κ3) is 4.23. The van der Waals surface area contributed by atoms with E-state index in [1.807, 2.05) is 62.4 Å². The molecule has 0 bridgehead atoms. The summed E-state index contributed by atoms with van der Waals surface area (Å²) in [4.78, 5) is 24.4. The molecule has 31 heavy (non-hydrogen) atoms. The van der Waals surface area contributed by atoms with Crippen molar-refractivity contribution in [3.63, 3.8) is 0 Å². The Hall–Kier alpha value is -4.19. The number of anilines is 1.